The molecule has 5 saturated carbocycles. The molecule has 0 saturated heterocycles. The first-order valence-electron chi connectivity index (χ1n) is 15.2. The van der Waals surface area contributed by atoms with Gasteiger partial charge in [-0.3, -0.25) is 9.59 Å². The first kappa shape index (κ1) is 25.6. The summed E-state index contributed by atoms with van der Waals surface area (Å²) in [6.07, 6.45) is 12.2. The summed E-state index contributed by atoms with van der Waals surface area (Å²) in [5, 5.41) is 0. The monoisotopic (exact) mass is 504 g/mol. The lowest BCUT2D eigenvalue weighted by molar-refractivity contribution is -0.234. The van der Waals surface area contributed by atoms with Crippen LogP contribution in [0.5, 0.6) is 0 Å². The molecule has 0 bridgehead atoms. The third-order valence-corrected chi connectivity index (χ3v) is 13.7. The van der Waals surface area contributed by atoms with E-state index < -0.39 is 0 Å². The smallest absolute Gasteiger partial charge is 0.312 e. The van der Waals surface area contributed by atoms with Crippen LogP contribution in [0.1, 0.15) is 111 Å². The van der Waals surface area contributed by atoms with E-state index >= 15 is 0 Å². The average molecular weight is 505 g/mol. The Bertz CT molecular complexity index is 1080. The predicted molar refractivity (Wildman–Crippen MR) is 147 cm³/mol. The third kappa shape index (κ3) is 3.37. The van der Waals surface area contributed by atoms with E-state index in [1.165, 1.54) is 32.1 Å². The molecule has 0 amide bonds. The molecular weight excluding hydrogens is 456 g/mol. The van der Waals surface area contributed by atoms with Crippen molar-refractivity contribution in [2.75, 3.05) is 0 Å². The first-order valence-corrected chi connectivity index (χ1v) is 15.2. The van der Waals surface area contributed by atoms with Crippen molar-refractivity contribution in [2.24, 2.45) is 50.7 Å². The maximum atomic E-state index is 13.8. The van der Waals surface area contributed by atoms with Gasteiger partial charge in [-0.05, 0) is 103 Å². The van der Waals surface area contributed by atoms with Gasteiger partial charge in [0, 0.05) is 11.8 Å². The molecule has 5 aliphatic carbocycles. The number of rotatable bonds is 3. The van der Waals surface area contributed by atoms with Crippen molar-refractivity contribution in [3.8, 4) is 0 Å². The number of hydrogen-bond donors (Lipinski definition) is 0. The van der Waals surface area contributed by atoms with Crippen LogP contribution in [0.2, 0.25) is 0 Å². The molecule has 0 radical (unpaired) electrons. The zero-order valence-electron chi connectivity index (χ0n) is 23.9. The van der Waals surface area contributed by atoms with E-state index in [2.05, 4.69) is 34.6 Å². The number of fused-ring (bicyclic) bond motifs is 7. The number of carbonyl (C=O) groups is 2. The van der Waals surface area contributed by atoms with E-state index in [1.807, 2.05) is 30.3 Å². The summed E-state index contributed by atoms with van der Waals surface area (Å²) in [5.74, 6) is 2.81. The summed E-state index contributed by atoms with van der Waals surface area (Å²) in [5.41, 5.74) is 1.39. The molecule has 5 aliphatic rings. The number of ether oxygens (including phenoxy) is 1. The van der Waals surface area contributed by atoms with Gasteiger partial charge in [-0.2, -0.15) is 0 Å². The minimum atomic E-state index is -0.275. The molecule has 1 aromatic carbocycles. The fourth-order valence-electron chi connectivity index (χ4n) is 11.6. The quantitative estimate of drug-likeness (QED) is 0.390. The van der Waals surface area contributed by atoms with Crippen LogP contribution in [0, 0.1) is 50.7 Å². The van der Waals surface area contributed by atoms with Crippen molar-refractivity contribution in [2.45, 2.75) is 112 Å². The minimum absolute atomic E-state index is 0.0800. The van der Waals surface area contributed by atoms with Gasteiger partial charge < -0.3 is 4.74 Å². The number of esters is 1. The Morgan fingerprint density at radius 3 is 2.32 bits per heavy atom. The second kappa shape index (κ2) is 8.43. The fraction of sp³-hybridized carbons (Fsp3) is 0.765. The van der Waals surface area contributed by atoms with Crippen molar-refractivity contribution in [3.63, 3.8) is 0 Å². The Morgan fingerprint density at radius 2 is 1.57 bits per heavy atom. The predicted octanol–water partition coefficient (Wildman–Crippen LogP) is 8.15. The van der Waals surface area contributed by atoms with Crippen LogP contribution in [0.15, 0.2) is 30.3 Å². The highest BCUT2D eigenvalue weighted by Crippen LogP contribution is 2.76. The van der Waals surface area contributed by atoms with Crippen LogP contribution in [-0.4, -0.2) is 11.8 Å². The average Bonchev–Trinajstić information content (AvgIpc) is 3.32. The molecule has 6 rings (SSSR count). The van der Waals surface area contributed by atoms with E-state index in [-0.39, 0.29) is 33.0 Å². The Kier molecular flexibility index (Phi) is 5.84. The molecule has 3 heteroatoms. The van der Waals surface area contributed by atoms with Gasteiger partial charge in [0.05, 0.1) is 5.41 Å². The van der Waals surface area contributed by atoms with Gasteiger partial charge in [0.15, 0.2) is 0 Å². The minimum Gasteiger partial charge on any atom is -0.460 e. The Hall–Kier alpha value is -1.64. The SMILES string of the molecule is CC1(C)C(=O)CC[C@]2(C)[C@H]3CC[C@@H]4[C@H]5CCC[C@]5(C(=O)OCc5ccccc5)CC[C@@]4(C)[C@]3(C)CC[C@@H]12. The van der Waals surface area contributed by atoms with Crippen LogP contribution in [0.25, 0.3) is 0 Å². The highest BCUT2D eigenvalue weighted by molar-refractivity contribution is 5.85. The lowest BCUT2D eigenvalue weighted by Crippen LogP contribution is -2.66. The molecule has 202 valence electrons. The molecule has 37 heavy (non-hydrogen) atoms. The zero-order chi connectivity index (χ0) is 26.3. The molecule has 0 aromatic heterocycles. The largest absolute Gasteiger partial charge is 0.460 e. The van der Waals surface area contributed by atoms with Crippen molar-refractivity contribution < 1.29 is 14.3 Å². The second-order valence-corrected chi connectivity index (χ2v) is 15.0. The maximum absolute atomic E-state index is 13.8. The van der Waals surface area contributed by atoms with Gasteiger partial charge in [-0.25, -0.2) is 0 Å². The molecule has 3 nitrogen and oxygen atoms in total. The summed E-state index contributed by atoms with van der Waals surface area (Å²) in [4.78, 5) is 26.8. The standard InChI is InChI=1S/C34H48O3/c1-30(2)26-15-19-33(5)27(31(26,3)18-16-28(30)35)14-13-24-25-12-9-17-34(25,21-20-32(24,33)4)29(36)37-22-23-10-7-6-8-11-23/h6-8,10-11,24-27H,9,12-22H2,1-5H3/t24-,25-,26+,27-,31+,32-,33-,34+/m1/s1. The van der Waals surface area contributed by atoms with Crippen LogP contribution in [-0.2, 0) is 20.9 Å². The van der Waals surface area contributed by atoms with Gasteiger partial charge in [-0.1, -0.05) is 71.4 Å². The molecule has 0 spiro atoms. The molecule has 8 atom stereocenters. The Balaban J connectivity index is 1.28. The molecule has 0 heterocycles. The zero-order valence-corrected chi connectivity index (χ0v) is 23.9. The van der Waals surface area contributed by atoms with E-state index in [1.54, 1.807) is 0 Å². The highest BCUT2D eigenvalue weighted by atomic mass is 16.5. The van der Waals surface area contributed by atoms with E-state index in [0.717, 1.165) is 44.1 Å². The van der Waals surface area contributed by atoms with Crippen LogP contribution in [0.3, 0.4) is 0 Å². The van der Waals surface area contributed by atoms with E-state index in [0.29, 0.717) is 36.1 Å². The molecule has 0 unspecified atom stereocenters. The van der Waals surface area contributed by atoms with E-state index in [4.69, 9.17) is 4.74 Å². The lowest BCUT2D eigenvalue weighted by Gasteiger charge is -2.72. The lowest BCUT2D eigenvalue weighted by atomic mass is 9.32. The molecule has 0 aliphatic heterocycles. The normalized spacial score (nSPS) is 46.2. The first-order chi connectivity index (χ1) is 17.5. The Morgan fingerprint density at radius 1 is 0.811 bits per heavy atom. The number of Topliss-reactive ketones (excluding diaryl/α,β-unsaturated/α-hetero) is 1. The molecular formula is C34H48O3. The Labute approximate surface area is 224 Å². The van der Waals surface area contributed by atoms with Crippen molar-refractivity contribution in [3.05, 3.63) is 35.9 Å². The van der Waals surface area contributed by atoms with Crippen molar-refractivity contribution >= 4 is 11.8 Å². The van der Waals surface area contributed by atoms with Gasteiger partial charge >= 0.3 is 5.97 Å². The fourth-order valence-corrected chi connectivity index (χ4v) is 11.6. The number of ketones is 1. The topological polar surface area (TPSA) is 43.4 Å². The number of benzene rings is 1. The van der Waals surface area contributed by atoms with Gasteiger partial charge in [0.2, 0.25) is 0 Å². The summed E-state index contributed by atoms with van der Waals surface area (Å²) in [6.45, 7) is 12.7. The molecule has 5 fully saturated rings. The van der Waals surface area contributed by atoms with Gasteiger partial charge in [0.25, 0.3) is 0 Å². The second-order valence-electron chi connectivity index (χ2n) is 15.0. The molecule has 1 aromatic rings. The number of hydrogen-bond acceptors (Lipinski definition) is 3. The van der Waals surface area contributed by atoms with Gasteiger partial charge in [-0.15, -0.1) is 0 Å². The van der Waals surface area contributed by atoms with Crippen LogP contribution < -0.4 is 0 Å². The van der Waals surface area contributed by atoms with Crippen molar-refractivity contribution in [1.29, 1.82) is 0 Å². The highest BCUT2D eigenvalue weighted by Gasteiger charge is 2.71. The maximum Gasteiger partial charge on any atom is 0.312 e. The molecule has 0 N–H and O–H groups in total. The number of carbonyl (C=O) groups excluding carboxylic acids is 2. The van der Waals surface area contributed by atoms with Crippen LogP contribution >= 0.6 is 0 Å². The van der Waals surface area contributed by atoms with Crippen molar-refractivity contribution in [1.82, 2.24) is 0 Å². The summed E-state index contributed by atoms with van der Waals surface area (Å²) in [6, 6.07) is 10.1. The third-order valence-electron chi connectivity index (χ3n) is 13.7. The summed E-state index contributed by atoms with van der Waals surface area (Å²) in [7, 11) is 0. The van der Waals surface area contributed by atoms with Crippen LogP contribution in [0.4, 0.5) is 0 Å². The van der Waals surface area contributed by atoms with E-state index in [9.17, 15) is 9.59 Å². The summed E-state index contributed by atoms with van der Waals surface area (Å²) >= 11 is 0. The summed E-state index contributed by atoms with van der Waals surface area (Å²) < 4.78 is 6.07. The van der Waals surface area contributed by atoms with Gasteiger partial charge in [0.1, 0.15) is 12.4 Å².